The van der Waals surface area contributed by atoms with E-state index in [2.05, 4.69) is 9.97 Å². The minimum atomic E-state index is -2.72. The molecule has 0 fully saturated rings. The molecule has 5 rings (SSSR count). The van der Waals surface area contributed by atoms with E-state index in [9.17, 15) is 22.8 Å². The summed E-state index contributed by atoms with van der Waals surface area (Å²) in [6.45, 7) is 2.44. The summed E-state index contributed by atoms with van der Waals surface area (Å²) in [6.07, 6.45) is -0.130. The molecule has 0 aliphatic heterocycles. The van der Waals surface area contributed by atoms with Gasteiger partial charge in [-0.25, -0.2) is 18.2 Å². The zero-order valence-electron chi connectivity index (χ0n) is 24.4. The molecule has 226 valence electrons. The highest BCUT2D eigenvalue weighted by atomic mass is 19.3. The Hall–Kier alpha value is -5.19. The number of pyridine rings is 3. The van der Waals surface area contributed by atoms with Gasteiger partial charge in [-0.05, 0) is 54.8 Å². The summed E-state index contributed by atoms with van der Waals surface area (Å²) in [5.74, 6) is 0.529. The van der Waals surface area contributed by atoms with Crippen LogP contribution in [0.3, 0.4) is 0 Å². The standard InChI is InChI=1S/C33H28F3N3O5/c1-18-13-21(34)7-10-23(18)30-19(2)39(17-29(35)36)16-24(32(30)41)26(40)14-20-5-8-22(9-6-20)44-27-11-12-37-25-15-28(42-3)33(43-4)38-31(25)27/h5-13,15-16,29H,14,17H2,1-4H3. The number of benzene rings is 2. The number of ketones is 1. The van der Waals surface area contributed by atoms with Gasteiger partial charge in [-0.1, -0.05) is 18.2 Å². The summed E-state index contributed by atoms with van der Waals surface area (Å²) in [5, 5.41) is 0. The molecule has 0 saturated carbocycles. The van der Waals surface area contributed by atoms with Gasteiger partial charge in [-0.2, -0.15) is 0 Å². The van der Waals surface area contributed by atoms with Crippen molar-refractivity contribution in [2.75, 3.05) is 14.2 Å². The second-order valence-electron chi connectivity index (χ2n) is 10.1. The molecule has 11 heteroatoms. The van der Waals surface area contributed by atoms with Crippen LogP contribution in [0.25, 0.3) is 22.2 Å². The lowest BCUT2D eigenvalue weighted by molar-refractivity contribution is 0.0988. The normalized spacial score (nSPS) is 11.2. The average Bonchev–Trinajstić information content (AvgIpc) is 2.99. The molecule has 3 heterocycles. The van der Waals surface area contributed by atoms with Crippen molar-refractivity contribution in [2.45, 2.75) is 33.2 Å². The molecule has 3 aromatic heterocycles. The van der Waals surface area contributed by atoms with Crippen LogP contribution in [-0.4, -0.2) is 41.0 Å². The molecule has 0 atom stereocenters. The monoisotopic (exact) mass is 603 g/mol. The Balaban J connectivity index is 1.43. The SMILES string of the molecule is COc1cc2nccc(Oc3ccc(CC(=O)c4cn(CC(F)F)c(C)c(-c5ccc(F)cc5C)c4=O)cc3)c2nc1OC. The first-order valence-corrected chi connectivity index (χ1v) is 13.6. The quantitative estimate of drug-likeness (QED) is 0.164. The third-order valence-corrected chi connectivity index (χ3v) is 7.18. The summed E-state index contributed by atoms with van der Waals surface area (Å²) < 4.78 is 58.5. The molecule has 0 bridgehead atoms. The summed E-state index contributed by atoms with van der Waals surface area (Å²) in [5.41, 5.74) is 1.91. The molecule has 0 amide bonds. The van der Waals surface area contributed by atoms with Gasteiger partial charge in [0.25, 0.3) is 12.3 Å². The summed E-state index contributed by atoms with van der Waals surface area (Å²) in [7, 11) is 2.98. The number of carbonyl (C=O) groups is 1. The number of aromatic nitrogens is 3. The highest BCUT2D eigenvalue weighted by Crippen LogP contribution is 2.34. The molecule has 2 aromatic carbocycles. The number of carbonyl (C=O) groups excluding carboxylic acids is 1. The smallest absolute Gasteiger partial charge is 0.257 e. The van der Waals surface area contributed by atoms with Crippen LogP contribution in [0.15, 0.2) is 71.8 Å². The first-order chi connectivity index (χ1) is 21.1. The van der Waals surface area contributed by atoms with Crippen LogP contribution in [0.1, 0.15) is 27.2 Å². The molecular weight excluding hydrogens is 575 g/mol. The van der Waals surface area contributed by atoms with Gasteiger partial charge in [0, 0.05) is 42.2 Å². The van der Waals surface area contributed by atoms with E-state index in [-0.39, 0.29) is 29.1 Å². The number of ether oxygens (including phenoxy) is 3. The van der Waals surface area contributed by atoms with E-state index in [1.165, 1.54) is 50.1 Å². The van der Waals surface area contributed by atoms with Gasteiger partial charge in [-0.15, -0.1) is 0 Å². The number of Topliss-reactive ketones (excluding diaryl/α,β-unsaturated/α-hetero) is 1. The first kappa shape index (κ1) is 30.3. The Bertz CT molecular complexity index is 1920. The van der Waals surface area contributed by atoms with Crippen LogP contribution in [0.4, 0.5) is 13.2 Å². The Morgan fingerprint density at radius 3 is 2.39 bits per heavy atom. The third kappa shape index (κ3) is 6.12. The van der Waals surface area contributed by atoms with Crippen LogP contribution in [0.5, 0.6) is 23.1 Å². The van der Waals surface area contributed by atoms with E-state index in [0.717, 1.165) is 0 Å². The second-order valence-corrected chi connectivity index (χ2v) is 10.1. The summed E-state index contributed by atoms with van der Waals surface area (Å²) >= 11 is 0. The predicted molar refractivity (Wildman–Crippen MR) is 159 cm³/mol. The van der Waals surface area contributed by atoms with E-state index in [1.807, 2.05) is 0 Å². The fraction of sp³-hybridized carbons (Fsp3) is 0.212. The fourth-order valence-corrected chi connectivity index (χ4v) is 4.99. The molecule has 0 spiro atoms. The third-order valence-electron chi connectivity index (χ3n) is 7.18. The van der Waals surface area contributed by atoms with Crippen LogP contribution < -0.4 is 19.6 Å². The van der Waals surface area contributed by atoms with Crippen LogP contribution >= 0.6 is 0 Å². The predicted octanol–water partition coefficient (Wildman–Crippen LogP) is 6.71. The van der Waals surface area contributed by atoms with Gasteiger partial charge >= 0.3 is 0 Å². The molecule has 44 heavy (non-hydrogen) atoms. The number of halogens is 3. The number of aryl methyl sites for hydroxylation is 1. The van der Waals surface area contributed by atoms with Crippen molar-refractivity contribution in [3.63, 3.8) is 0 Å². The van der Waals surface area contributed by atoms with Crippen LogP contribution in [-0.2, 0) is 13.0 Å². The van der Waals surface area contributed by atoms with E-state index in [1.54, 1.807) is 49.5 Å². The zero-order chi connectivity index (χ0) is 31.5. The van der Waals surface area contributed by atoms with Crippen molar-refractivity contribution in [1.82, 2.24) is 14.5 Å². The first-order valence-electron chi connectivity index (χ1n) is 13.6. The summed E-state index contributed by atoms with van der Waals surface area (Å²) in [6, 6.07) is 13.9. The number of hydrogen-bond donors (Lipinski definition) is 0. The minimum Gasteiger partial charge on any atom is -0.491 e. The number of nitrogens with zero attached hydrogens (tertiary/aromatic N) is 3. The van der Waals surface area contributed by atoms with Crippen molar-refractivity contribution < 1.29 is 32.2 Å². The van der Waals surface area contributed by atoms with E-state index < -0.39 is 30.0 Å². The Labute approximate surface area is 250 Å². The molecule has 0 aliphatic rings. The number of methoxy groups -OCH3 is 2. The topological polar surface area (TPSA) is 92.5 Å². The lowest BCUT2D eigenvalue weighted by Gasteiger charge is -2.18. The fourth-order valence-electron chi connectivity index (χ4n) is 4.99. The maximum absolute atomic E-state index is 13.8. The highest BCUT2D eigenvalue weighted by molar-refractivity contribution is 5.98. The largest absolute Gasteiger partial charge is 0.491 e. The van der Waals surface area contributed by atoms with Gasteiger partial charge in [0.05, 0.1) is 31.8 Å². The van der Waals surface area contributed by atoms with Gasteiger partial charge in [0.15, 0.2) is 22.7 Å². The lowest BCUT2D eigenvalue weighted by atomic mass is 9.95. The van der Waals surface area contributed by atoms with Crippen molar-refractivity contribution in [1.29, 1.82) is 0 Å². The second kappa shape index (κ2) is 12.6. The van der Waals surface area contributed by atoms with Gasteiger partial charge in [0.1, 0.15) is 17.1 Å². The maximum Gasteiger partial charge on any atom is 0.257 e. The lowest BCUT2D eigenvalue weighted by Crippen LogP contribution is -2.25. The molecule has 0 aliphatic carbocycles. The van der Waals surface area contributed by atoms with Crippen molar-refractivity contribution in [2.24, 2.45) is 0 Å². The molecule has 5 aromatic rings. The van der Waals surface area contributed by atoms with Gasteiger partial charge in [0.2, 0.25) is 0 Å². The van der Waals surface area contributed by atoms with Crippen molar-refractivity contribution >= 4 is 16.8 Å². The molecule has 8 nitrogen and oxygen atoms in total. The summed E-state index contributed by atoms with van der Waals surface area (Å²) in [4.78, 5) is 35.8. The van der Waals surface area contributed by atoms with E-state index >= 15 is 0 Å². The Kier molecular flexibility index (Phi) is 8.66. The van der Waals surface area contributed by atoms with Crippen LogP contribution in [0, 0.1) is 19.7 Å². The minimum absolute atomic E-state index is 0.0881. The number of alkyl halides is 2. The van der Waals surface area contributed by atoms with Gasteiger partial charge in [-0.3, -0.25) is 14.6 Å². The molecule has 0 unspecified atom stereocenters. The number of hydrogen-bond acceptors (Lipinski definition) is 7. The molecular formula is C33H28F3N3O5. The van der Waals surface area contributed by atoms with Crippen LogP contribution in [0.2, 0.25) is 0 Å². The Morgan fingerprint density at radius 1 is 0.977 bits per heavy atom. The van der Waals surface area contributed by atoms with Crippen molar-refractivity contribution in [3.05, 3.63) is 105 Å². The highest BCUT2D eigenvalue weighted by Gasteiger charge is 2.22. The van der Waals surface area contributed by atoms with E-state index in [0.29, 0.717) is 45.0 Å². The number of fused-ring (bicyclic) bond motifs is 1. The van der Waals surface area contributed by atoms with Gasteiger partial charge < -0.3 is 18.8 Å². The molecule has 0 saturated heterocycles. The maximum atomic E-state index is 13.8. The average molecular weight is 604 g/mol. The molecule has 0 radical (unpaired) electrons. The van der Waals surface area contributed by atoms with Crippen molar-refractivity contribution in [3.8, 4) is 34.3 Å². The molecule has 0 N–H and O–H groups in total. The number of rotatable bonds is 10. The zero-order valence-corrected chi connectivity index (χ0v) is 24.4. The Morgan fingerprint density at radius 2 is 1.73 bits per heavy atom. The van der Waals surface area contributed by atoms with E-state index in [4.69, 9.17) is 14.2 Å².